The molecule has 0 aromatic heterocycles. The number of carbonyl (C=O) groups excluding carboxylic acids is 2. The molecular weight excluding hydrogens is 415 g/mol. The highest BCUT2D eigenvalue weighted by molar-refractivity contribution is 6.35. The van der Waals surface area contributed by atoms with Gasteiger partial charge in [-0.05, 0) is 64.3 Å². The molecule has 1 aromatic rings. The van der Waals surface area contributed by atoms with E-state index in [2.05, 4.69) is 0 Å². The van der Waals surface area contributed by atoms with Crippen molar-refractivity contribution in [2.45, 2.75) is 58.3 Å². The van der Waals surface area contributed by atoms with Gasteiger partial charge in [0, 0.05) is 23.1 Å². The molecule has 1 fully saturated rings. The minimum absolute atomic E-state index is 0.153. The van der Waals surface area contributed by atoms with Crippen LogP contribution >= 0.6 is 23.2 Å². The van der Waals surface area contributed by atoms with E-state index in [0.29, 0.717) is 29.6 Å². The van der Waals surface area contributed by atoms with E-state index in [1.807, 2.05) is 40.7 Å². The molecule has 0 radical (unpaired) electrons. The van der Waals surface area contributed by atoms with Crippen LogP contribution in [0.15, 0.2) is 12.1 Å². The zero-order valence-corrected chi connectivity index (χ0v) is 19.1. The molecule has 0 saturated carbocycles. The van der Waals surface area contributed by atoms with E-state index in [0.717, 1.165) is 11.1 Å². The summed E-state index contributed by atoms with van der Waals surface area (Å²) in [4.78, 5) is 29.1. The third kappa shape index (κ3) is 4.65. The van der Waals surface area contributed by atoms with Gasteiger partial charge in [0.15, 0.2) is 6.10 Å². The molecule has 6 nitrogen and oxygen atoms in total. The minimum atomic E-state index is -0.733. The van der Waals surface area contributed by atoms with Crippen molar-refractivity contribution in [1.29, 1.82) is 0 Å². The molecule has 2 heterocycles. The molecule has 29 heavy (non-hydrogen) atoms. The van der Waals surface area contributed by atoms with Gasteiger partial charge in [-0.1, -0.05) is 23.2 Å². The van der Waals surface area contributed by atoms with E-state index in [4.69, 9.17) is 32.7 Å². The molecule has 0 bridgehead atoms. The predicted octanol–water partition coefficient (Wildman–Crippen LogP) is 4.25. The Morgan fingerprint density at radius 2 is 1.90 bits per heavy atom. The van der Waals surface area contributed by atoms with Crippen molar-refractivity contribution in [2.24, 2.45) is 0 Å². The summed E-state index contributed by atoms with van der Waals surface area (Å²) in [5.41, 5.74) is 0.745. The fraction of sp³-hybridized carbons (Fsp3) is 0.619. The zero-order chi connectivity index (χ0) is 21.6. The summed E-state index contributed by atoms with van der Waals surface area (Å²) in [6.45, 7) is 10.8. The quantitative estimate of drug-likeness (QED) is 0.651. The van der Waals surface area contributed by atoms with Gasteiger partial charge >= 0.3 is 6.09 Å². The molecule has 2 aliphatic heterocycles. The minimum Gasteiger partial charge on any atom is -0.444 e. The van der Waals surface area contributed by atoms with E-state index in [-0.39, 0.29) is 19.1 Å². The maximum Gasteiger partial charge on any atom is 0.410 e. The smallest absolute Gasteiger partial charge is 0.410 e. The summed E-state index contributed by atoms with van der Waals surface area (Å²) < 4.78 is 11.2. The molecule has 2 amide bonds. The molecular formula is C21H28Cl2N2O4. The second kappa shape index (κ2) is 7.97. The van der Waals surface area contributed by atoms with Gasteiger partial charge < -0.3 is 19.3 Å². The highest BCUT2D eigenvalue weighted by Crippen LogP contribution is 2.41. The number of fused-ring (bicyclic) bond motifs is 1. The molecule has 2 aliphatic rings. The van der Waals surface area contributed by atoms with Crippen LogP contribution in [0.25, 0.3) is 0 Å². The Morgan fingerprint density at radius 3 is 2.55 bits per heavy atom. The molecule has 160 valence electrons. The number of benzene rings is 1. The van der Waals surface area contributed by atoms with Crippen LogP contribution < -0.4 is 0 Å². The van der Waals surface area contributed by atoms with Crippen LogP contribution in [0.1, 0.15) is 45.7 Å². The lowest BCUT2D eigenvalue weighted by Gasteiger charge is -2.46. The number of amides is 2. The molecule has 8 heteroatoms. The van der Waals surface area contributed by atoms with Crippen LogP contribution in [0.2, 0.25) is 10.0 Å². The summed E-state index contributed by atoms with van der Waals surface area (Å²) in [6.07, 6.45) is -0.504. The van der Waals surface area contributed by atoms with Crippen LogP contribution in [0, 0.1) is 0 Å². The van der Waals surface area contributed by atoms with Crippen LogP contribution in [0.4, 0.5) is 4.79 Å². The van der Waals surface area contributed by atoms with E-state index < -0.39 is 23.3 Å². The van der Waals surface area contributed by atoms with Crippen LogP contribution in [0.3, 0.4) is 0 Å². The van der Waals surface area contributed by atoms with Crippen molar-refractivity contribution in [3.05, 3.63) is 33.3 Å². The maximum atomic E-state index is 13.4. The first-order chi connectivity index (χ1) is 13.4. The Bertz CT molecular complexity index is 820. The maximum absolute atomic E-state index is 13.4. The number of nitrogens with zero attached hydrogens (tertiary/aromatic N) is 2. The summed E-state index contributed by atoms with van der Waals surface area (Å²) in [5, 5.41) is 1.14. The second-order valence-corrected chi connectivity index (χ2v) is 9.85. The average molecular weight is 443 g/mol. The van der Waals surface area contributed by atoms with Gasteiger partial charge in [-0.25, -0.2) is 4.79 Å². The van der Waals surface area contributed by atoms with Crippen molar-refractivity contribution in [1.82, 2.24) is 9.80 Å². The predicted molar refractivity (Wildman–Crippen MR) is 112 cm³/mol. The Balaban J connectivity index is 1.79. The van der Waals surface area contributed by atoms with Crippen molar-refractivity contribution < 1.29 is 19.1 Å². The lowest BCUT2D eigenvalue weighted by atomic mass is 9.83. The number of ether oxygens (including phenoxy) is 2. The van der Waals surface area contributed by atoms with Gasteiger partial charge in [-0.3, -0.25) is 4.79 Å². The van der Waals surface area contributed by atoms with Gasteiger partial charge in [0.2, 0.25) is 0 Å². The Hall–Kier alpha value is -1.50. The molecule has 0 spiro atoms. The van der Waals surface area contributed by atoms with Gasteiger partial charge in [-0.15, -0.1) is 0 Å². The number of rotatable bonds is 1. The first-order valence-corrected chi connectivity index (χ1v) is 10.5. The Morgan fingerprint density at radius 1 is 1.21 bits per heavy atom. The van der Waals surface area contributed by atoms with Crippen molar-refractivity contribution in [3.63, 3.8) is 0 Å². The third-order valence-corrected chi connectivity index (χ3v) is 5.80. The summed E-state index contributed by atoms with van der Waals surface area (Å²) in [6, 6.07) is 3.62. The van der Waals surface area contributed by atoms with E-state index in [1.165, 1.54) is 4.90 Å². The summed E-state index contributed by atoms with van der Waals surface area (Å²) in [7, 11) is 0. The Kier molecular flexibility index (Phi) is 6.10. The Labute approximate surface area is 182 Å². The SMILES string of the molecule is CC(C)(C)OC(=O)N1CCO[C@@H](C(=O)N2CCc3cc(Cl)cc(Cl)c3C2(C)C)C1. The van der Waals surface area contributed by atoms with Gasteiger partial charge in [0.1, 0.15) is 5.60 Å². The molecule has 0 unspecified atom stereocenters. The number of halogens is 2. The average Bonchev–Trinajstić information content (AvgIpc) is 2.58. The molecule has 1 atom stereocenters. The first-order valence-electron chi connectivity index (χ1n) is 9.79. The van der Waals surface area contributed by atoms with Crippen molar-refractivity contribution >= 4 is 35.2 Å². The van der Waals surface area contributed by atoms with Gasteiger partial charge in [0.25, 0.3) is 5.91 Å². The largest absolute Gasteiger partial charge is 0.444 e. The molecule has 0 N–H and O–H groups in total. The number of carbonyl (C=O) groups is 2. The van der Waals surface area contributed by atoms with Gasteiger partial charge in [-0.2, -0.15) is 0 Å². The summed E-state index contributed by atoms with van der Waals surface area (Å²) in [5.74, 6) is -0.153. The lowest BCUT2D eigenvalue weighted by Crippen LogP contribution is -2.58. The summed E-state index contributed by atoms with van der Waals surface area (Å²) >= 11 is 12.6. The third-order valence-electron chi connectivity index (χ3n) is 5.29. The standard InChI is InChI=1S/C21H28Cl2N2O4/c1-20(2,3)29-19(27)24-8-9-28-16(12-24)18(26)25-7-6-13-10-14(22)11-15(23)17(13)21(25,4)5/h10-11,16H,6-9,12H2,1-5H3/t16-/m1/s1. The monoisotopic (exact) mass is 442 g/mol. The fourth-order valence-electron chi connectivity index (χ4n) is 4.01. The highest BCUT2D eigenvalue weighted by atomic mass is 35.5. The van der Waals surface area contributed by atoms with Gasteiger partial charge in [0.05, 0.1) is 18.7 Å². The molecule has 3 rings (SSSR count). The number of morpholine rings is 1. The van der Waals surface area contributed by atoms with E-state index in [1.54, 1.807) is 11.0 Å². The molecule has 1 saturated heterocycles. The fourth-order valence-corrected chi connectivity index (χ4v) is 4.77. The van der Waals surface area contributed by atoms with Crippen molar-refractivity contribution in [3.8, 4) is 0 Å². The highest BCUT2D eigenvalue weighted by Gasteiger charge is 2.43. The van der Waals surface area contributed by atoms with Crippen LogP contribution in [0.5, 0.6) is 0 Å². The molecule has 0 aliphatic carbocycles. The topological polar surface area (TPSA) is 59.1 Å². The van der Waals surface area contributed by atoms with E-state index >= 15 is 0 Å². The first kappa shape index (κ1) is 22.2. The van der Waals surface area contributed by atoms with Crippen LogP contribution in [-0.2, 0) is 26.2 Å². The van der Waals surface area contributed by atoms with E-state index in [9.17, 15) is 9.59 Å². The second-order valence-electron chi connectivity index (χ2n) is 9.01. The van der Waals surface area contributed by atoms with Crippen molar-refractivity contribution in [2.75, 3.05) is 26.2 Å². The lowest BCUT2D eigenvalue weighted by molar-refractivity contribution is -0.155. The number of hydrogen-bond acceptors (Lipinski definition) is 4. The molecule has 1 aromatic carbocycles. The van der Waals surface area contributed by atoms with Crippen LogP contribution in [-0.4, -0.2) is 59.7 Å². The number of hydrogen-bond donors (Lipinski definition) is 0. The normalized spacial score (nSPS) is 21.6. The zero-order valence-electron chi connectivity index (χ0n) is 17.6.